The first kappa shape index (κ1) is 18.9. The van der Waals surface area contributed by atoms with Gasteiger partial charge in [-0.15, -0.1) is 35.3 Å². The van der Waals surface area contributed by atoms with Crippen LogP contribution in [0.4, 0.5) is 0 Å². The Bertz CT molecular complexity index is 592. The molecular formula is C16H23IN4S. The van der Waals surface area contributed by atoms with E-state index in [1.165, 1.54) is 16.0 Å². The molecule has 6 heteroatoms. The highest BCUT2D eigenvalue weighted by Gasteiger charge is 2.03. The van der Waals surface area contributed by atoms with Gasteiger partial charge in [0.1, 0.15) is 0 Å². The highest BCUT2D eigenvalue weighted by Crippen LogP contribution is 2.11. The molecule has 0 aliphatic rings. The molecule has 2 rings (SSSR count). The zero-order chi connectivity index (χ0) is 15.1. The quantitative estimate of drug-likeness (QED) is 0.433. The SMILES string of the molecule is CCNC(=NCc1ccc(C)cc1)NCc1scnc1C.I. The Balaban J connectivity index is 0.00000242. The van der Waals surface area contributed by atoms with Crippen molar-refractivity contribution in [3.05, 3.63) is 51.5 Å². The van der Waals surface area contributed by atoms with Crippen LogP contribution in [0, 0.1) is 13.8 Å². The van der Waals surface area contributed by atoms with Crippen LogP contribution in [-0.4, -0.2) is 17.5 Å². The van der Waals surface area contributed by atoms with Crippen LogP contribution < -0.4 is 10.6 Å². The fourth-order valence-electron chi connectivity index (χ4n) is 1.87. The summed E-state index contributed by atoms with van der Waals surface area (Å²) in [7, 11) is 0. The van der Waals surface area contributed by atoms with E-state index in [1.807, 2.05) is 12.4 Å². The van der Waals surface area contributed by atoms with Crippen LogP contribution in [0.5, 0.6) is 0 Å². The van der Waals surface area contributed by atoms with Crippen molar-refractivity contribution in [1.82, 2.24) is 15.6 Å². The third kappa shape index (κ3) is 5.92. The summed E-state index contributed by atoms with van der Waals surface area (Å²) in [6, 6.07) is 8.48. The van der Waals surface area contributed by atoms with Gasteiger partial charge in [-0.3, -0.25) is 0 Å². The maximum Gasteiger partial charge on any atom is 0.191 e. The monoisotopic (exact) mass is 430 g/mol. The Labute approximate surface area is 153 Å². The van der Waals surface area contributed by atoms with E-state index < -0.39 is 0 Å². The number of aliphatic imine (C=N–C) groups is 1. The molecule has 0 bridgehead atoms. The summed E-state index contributed by atoms with van der Waals surface area (Å²) >= 11 is 1.67. The minimum Gasteiger partial charge on any atom is -0.357 e. The fraction of sp³-hybridized carbons (Fsp3) is 0.375. The van der Waals surface area contributed by atoms with Gasteiger partial charge < -0.3 is 10.6 Å². The average molecular weight is 430 g/mol. The number of nitrogens with zero attached hydrogens (tertiary/aromatic N) is 2. The van der Waals surface area contributed by atoms with Gasteiger partial charge in [-0.2, -0.15) is 0 Å². The van der Waals surface area contributed by atoms with Crippen LogP contribution in [0.3, 0.4) is 0 Å². The molecule has 1 heterocycles. The van der Waals surface area contributed by atoms with Gasteiger partial charge in [0, 0.05) is 11.4 Å². The van der Waals surface area contributed by atoms with Crippen molar-refractivity contribution in [3.8, 4) is 0 Å². The molecule has 4 nitrogen and oxygen atoms in total. The number of hydrogen-bond acceptors (Lipinski definition) is 3. The van der Waals surface area contributed by atoms with Gasteiger partial charge in [-0.1, -0.05) is 29.8 Å². The van der Waals surface area contributed by atoms with Crippen molar-refractivity contribution in [2.75, 3.05) is 6.54 Å². The molecule has 0 aliphatic heterocycles. The van der Waals surface area contributed by atoms with Gasteiger partial charge in [-0.05, 0) is 26.3 Å². The van der Waals surface area contributed by atoms with Gasteiger partial charge in [0.15, 0.2) is 5.96 Å². The van der Waals surface area contributed by atoms with E-state index in [9.17, 15) is 0 Å². The Morgan fingerprint density at radius 1 is 1.18 bits per heavy atom. The molecule has 22 heavy (non-hydrogen) atoms. The smallest absolute Gasteiger partial charge is 0.191 e. The first-order chi connectivity index (χ1) is 10.2. The van der Waals surface area contributed by atoms with Crippen LogP contribution in [-0.2, 0) is 13.1 Å². The van der Waals surface area contributed by atoms with Crippen LogP contribution in [0.2, 0.25) is 0 Å². The Kier molecular flexibility index (Phi) is 8.40. The topological polar surface area (TPSA) is 49.3 Å². The lowest BCUT2D eigenvalue weighted by atomic mass is 10.1. The molecule has 1 aromatic heterocycles. The molecule has 2 N–H and O–H groups in total. The summed E-state index contributed by atoms with van der Waals surface area (Å²) in [5.41, 5.74) is 5.45. The normalized spacial score (nSPS) is 11.0. The van der Waals surface area contributed by atoms with E-state index >= 15 is 0 Å². The fourth-order valence-corrected chi connectivity index (χ4v) is 2.58. The lowest BCUT2D eigenvalue weighted by Gasteiger charge is -2.10. The van der Waals surface area contributed by atoms with Crippen molar-refractivity contribution in [2.24, 2.45) is 4.99 Å². The summed E-state index contributed by atoms with van der Waals surface area (Å²) in [5, 5.41) is 6.62. The van der Waals surface area contributed by atoms with Gasteiger partial charge >= 0.3 is 0 Å². The minimum absolute atomic E-state index is 0. The predicted molar refractivity (Wildman–Crippen MR) is 105 cm³/mol. The van der Waals surface area contributed by atoms with Crippen molar-refractivity contribution in [3.63, 3.8) is 0 Å². The number of hydrogen-bond donors (Lipinski definition) is 2. The zero-order valence-corrected chi connectivity index (χ0v) is 16.4. The Morgan fingerprint density at radius 2 is 1.91 bits per heavy atom. The van der Waals surface area contributed by atoms with Gasteiger partial charge in [0.2, 0.25) is 0 Å². The molecule has 0 fully saturated rings. The summed E-state index contributed by atoms with van der Waals surface area (Å²) < 4.78 is 0. The highest BCUT2D eigenvalue weighted by molar-refractivity contribution is 14.0. The number of halogens is 1. The van der Waals surface area contributed by atoms with Crippen molar-refractivity contribution in [2.45, 2.75) is 33.9 Å². The number of aromatic nitrogens is 1. The van der Waals surface area contributed by atoms with Gasteiger partial charge in [-0.25, -0.2) is 9.98 Å². The molecule has 0 spiro atoms. The summed E-state index contributed by atoms with van der Waals surface area (Å²) in [6.45, 7) is 8.48. The largest absolute Gasteiger partial charge is 0.357 e. The second kappa shape index (κ2) is 9.78. The van der Waals surface area contributed by atoms with Crippen LogP contribution in [0.25, 0.3) is 0 Å². The molecule has 0 atom stereocenters. The molecule has 0 amide bonds. The molecule has 0 aliphatic carbocycles. The zero-order valence-electron chi connectivity index (χ0n) is 13.2. The number of aryl methyl sites for hydroxylation is 2. The molecule has 2 aromatic rings. The summed E-state index contributed by atoms with van der Waals surface area (Å²) in [4.78, 5) is 10.1. The molecule has 1 aromatic carbocycles. The van der Waals surface area contributed by atoms with Crippen LogP contribution in [0.1, 0.15) is 28.6 Å². The number of thiazole rings is 1. The minimum atomic E-state index is 0. The van der Waals surface area contributed by atoms with Crippen LogP contribution in [0.15, 0.2) is 34.8 Å². The maximum atomic E-state index is 4.62. The second-order valence-corrected chi connectivity index (χ2v) is 5.83. The molecule has 0 saturated carbocycles. The molecular weight excluding hydrogens is 407 g/mol. The maximum absolute atomic E-state index is 4.62. The van der Waals surface area contributed by atoms with E-state index in [0.717, 1.165) is 24.7 Å². The summed E-state index contributed by atoms with van der Waals surface area (Å²) in [6.07, 6.45) is 0. The third-order valence-corrected chi connectivity index (χ3v) is 4.08. The standard InChI is InChI=1S/C16H22N4S.HI/c1-4-17-16(19-10-15-13(3)20-11-21-15)18-9-14-7-5-12(2)6-8-14;/h5-8,11H,4,9-10H2,1-3H3,(H2,17,18,19);1H. The van der Waals surface area contributed by atoms with E-state index in [-0.39, 0.29) is 24.0 Å². The summed E-state index contributed by atoms with van der Waals surface area (Å²) in [5.74, 6) is 0.839. The highest BCUT2D eigenvalue weighted by atomic mass is 127. The first-order valence-electron chi connectivity index (χ1n) is 7.15. The molecule has 0 saturated heterocycles. The number of nitrogens with one attached hydrogen (secondary N) is 2. The van der Waals surface area contributed by atoms with Crippen molar-refractivity contribution >= 4 is 41.3 Å². The number of rotatable bonds is 5. The Hall–Kier alpha value is -1.15. The van der Waals surface area contributed by atoms with Gasteiger partial charge in [0.05, 0.1) is 24.3 Å². The lowest BCUT2D eigenvalue weighted by molar-refractivity contribution is 0.819. The molecule has 0 radical (unpaired) electrons. The average Bonchev–Trinajstić information content (AvgIpc) is 2.89. The van der Waals surface area contributed by atoms with E-state index in [1.54, 1.807) is 11.3 Å². The van der Waals surface area contributed by atoms with E-state index in [2.05, 4.69) is 58.7 Å². The van der Waals surface area contributed by atoms with E-state index in [4.69, 9.17) is 0 Å². The van der Waals surface area contributed by atoms with Crippen LogP contribution >= 0.6 is 35.3 Å². The third-order valence-electron chi connectivity index (χ3n) is 3.15. The van der Waals surface area contributed by atoms with E-state index in [0.29, 0.717) is 6.54 Å². The van der Waals surface area contributed by atoms with Crippen molar-refractivity contribution < 1.29 is 0 Å². The predicted octanol–water partition coefficient (Wildman–Crippen LogP) is 3.63. The second-order valence-electron chi connectivity index (χ2n) is 4.90. The lowest BCUT2D eigenvalue weighted by Crippen LogP contribution is -2.36. The van der Waals surface area contributed by atoms with Crippen molar-refractivity contribution in [1.29, 1.82) is 0 Å². The number of benzene rings is 1. The molecule has 120 valence electrons. The van der Waals surface area contributed by atoms with Gasteiger partial charge in [0.25, 0.3) is 0 Å². The molecule has 0 unspecified atom stereocenters. The Morgan fingerprint density at radius 3 is 2.50 bits per heavy atom. The number of guanidine groups is 1. The first-order valence-corrected chi connectivity index (χ1v) is 8.03.